The monoisotopic (exact) mass is 436 g/mol. The summed E-state index contributed by atoms with van der Waals surface area (Å²) < 4.78 is 6.91. The van der Waals surface area contributed by atoms with Crippen LogP contribution in [0.3, 0.4) is 0 Å². The number of carbonyl (C=O) groups is 1. The summed E-state index contributed by atoms with van der Waals surface area (Å²) >= 11 is 0. The minimum Gasteiger partial charge on any atom is -0.457 e. The third-order valence-corrected chi connectivity index (χ3v) is 6.56. The molecule has 0 fully saturated rings. The van der Waals surface area contributed by atoms with E-state index in [4.69, 9.17) is 15.0 Å². The van der Waals surface area contributed by atoms with Gasteiger partial charge in [0.25, 0.3) is 5.95 Å². The molecule has 0 radical (unpaired) electrons. The molecule has 0 unspecified atom stereocenters. The van der Waals surface area contributed by atoms with E-state index in [9.17, 15) is 4.79 Å². The molecule has 2 aliphatic heterocycles. The van der Waals surface area contributed by atoms with Crippen molar-refractivity contribution in [3.05, 3.63) is 81.8 Å². The van der Waals surface area contributed by atoms with Crippen LogP contribution in [0.25, 0.3) is 16.9 Å². The molecule has 2 aromatic heterocycles. The molecule has 0 spiro atoms. The Kier molecular flexibility index (Phi) is 4.45. The lowest BCUT2D eigenvalue weighted by Gasteiger charge is -2.28. The largest absolute Gasteiger partial charge is 0.457 e. The van der Waals surface area contributed by atoms with Gasteiger partial charge in [0.05, 0.1) is 34.6 Å². The van der Waals surface area contributed by atoms with Gasteiger partial charge in [-0.15, -0.1) is 0 Å². The van der Waals surface area contributed by atoms with Crippen molar-refractivity contribution >= 4 is 16.9 Å². The fourth-order valence-electron chi connectivity index (χ4n) is 4.67. The number of benzene rings is 2. The highest BCUT2D eigenvalue weighted by Gasteiger charge is 2.25. The first-order chi connectivity index (χ1) is 16.1. The number of fused-ring (bicyclic) bond motifs is 3. The average molecular weight is 436 g/mol. The summed E-state index contributed by atoms with van der Waals surface area (Å²) in [7, 11) is 0. The number of rotatable bonds is 3. The average Bonchev–Trinajstić information content (AvgIpc) is 3.44. The zero-order valence-corrected chi connectivity index (χ0v) is 18.1. The summed E-state index contributed by atoms with van der Waals surface area (Å²) in [5.74, 6) is 0.316. The summed E-state index contributed by atoms with van der Waals surface area (Å²) in [6.45, 7) is 4.90. The van der Waals surface area contributed by atoms with Crippen molar-refractivity contribution in [2.45, 2.75) is 33.0 Å². The lowest BCUT2D eigenvalue weighted by molar-refractivity contribution is 0.0535. The Hall–Kier alpha value is -4.09. The lowest BCUT2D eigenvalue weighted by atomic mass is 9.97. The zero-order chi connectivity index (χ0) is 22.5. The molecule has 0 bridgehead atoms. The van der Waals surface area contributed by atoms with E-state index in [1.807, 2.05) is 30.5 Å². The van der Waals surface area contributed by atoms with Gasteiger partial charge in [0.1, 0.15) is 6.61 Å². The van der Waals surface area contributed by atoms with Crippen LogP contribution in [0.5, 0.6) is 0 Å². The predicted octanol–water partition coefficient (Wildman–Crippen LogP) is 3.22. The molecule has 162 valence electrons. The number of aromatic nitrogens is 4. The summed E-state index contributed by atoms with van der Waals surface area (Å²) in [5, 5.41) is 14.4. The van der Waals surface area contributed by atoms with Crippen LogP contribution < -0.4 is 0 Å². The molecule has 0 amide bonds. The standard InChI is InChI=1S/C25H20N6O2/c1-15-17(3-4-20-21(15)14-33-24(20)32)12-30-7-6-22-19(13-30)10-27-25(29-22)31-23-5-2-16(9-26)8-18(23)11-28-31/h2-5,8,10-11H,6-7,12-14H2,1H3. The Balaban J connectivity index is 1.24. The van der Waals surface area contributed by atoms with E-state index < -0.39 is 0 Å². The van der Waals surface area contributed by atoms with Gasteiger partial charge in [-0.3, -0.25) is 4.90 Å². The maximum absolute atomic E-state index is 11.8. The molecule has 2 aromatic carbocycles. The fourth-order valence-corrected chi connectivity index (χ4v) is 4.67. The topological polar surface area (TPSA) is 96.9 Å². The molecule has 4 aromatic rings. The molecule has 0 saturated carbocycles. The number of esters is 1. The van der Waals surface area contributed by atoms with Crippen LogP contribution >= 0.6 is 0 Å². The molecule has 0 aliphatic carbocycles. The summed E-state index contributed by atoms with van der Waals surface area (Å²) in [4.78, 5) is 23.6. The van der Waals surface area contributed by atoms with E-state index in [0.29, 0.717) is 23.7 Å². The Morgan fingerprint density at radius 3 is 3.00 bits per heavy atom. The first-order valence-electron chi connectivity index (χ1n) is 10.8. The van der Waals surface area contributed by atoms with Gasteiger partial charge in [-0.05, 0) is 42.3 Å². The van der Waals surface area contributed by atoms with Crippen LogP contribution in [0.15, 0.2) is 42.7 Å². The van der Waals surface area contributed by atoms with Gasteiger partial charge in [-0.2, -0.15) is 15.0 Å². The van der Waals surface area contributed by atoms with Crippen LogP contribution in [-0.4, -0.2) is 37.2 Å². The van der Waals surface area contributed by atoms with Gasteiger partial charge in [0.15, 0.2) is 0 Å². The van der Waals surface area contributed by atoms with Crippen LogP contribution in [0.2, 0.25) is 0 Å². The number of hydrogen-bond acceptors (Lipinski definition) is 7. The Bertz CT molecular complexity index is 1480. The maximum atomic E-state index is 11.8. The number of carbonyl (C=O) groups excluding carboxylic acids is 1. The summed E-state index contributed by atoms with van der Waals surface area (Å²) in [5.41, 5.74) is 7.69. The molecule has 33 heavy (non-hydrogen) atoms. The van der Waals surface area contributed by atoms with Gasteiger partial charge in [-0.1, -0.05) is 6.07 Å². The van der Waals surface area contributed by atoms with Crippen LogP contribution in [0, 0.1) is 18.3 Å². The second-order valence-electron chi connectivity index (χ2n) is 8.50. The van der Waals surface area contributed by atoms with Crippen molar-refractivity contribution in [2.75, 3.05) is 6.54 Å². The van der Waals surface area contributed by atoms with Crippen molar-refractivity contribution in [1.29, 1.82) is 5.26 Å². The van der Waals surface area contributed by atoms with E-state index >= 15 is 0 Å². The first-order valence-corrected chi connectivity index (χ1v) is 10.8. The normalized spacial score (nSPS) is 15.2. The summed E-state index contributed by atoms with van der Waals surface area (Å²) in [6.07, 6.45) is 4.45. The SMILES string of the molecule is Cc1c(CN2CCc3nc(-n4ncc5cc(C#N)ccc54)ncc3C2)ccc2c1COC2=O. The molecular weight excluding hydrogens is 416 g/mol. The third kappa shape index (κ3) is 3.25. The van der Waals surface area contributed by atoms with E-state index in [0.717, 1.165) is 59.3 Å². The van der Waals surface area contributed by atoms with Gasteiger partial charge >= 0.3 is 5.97 Å². The fraction of sp³-hybridized carbons (Fsp3) is 0.240. The predicted molar refractivity (Wildman–Crippen MR) is 119 cm³/mol. The minimum atomic E-state index is -0.227. The zero-order valence-electron chi connectivity index (χ0n) is 18.1. The number of ether oxygens (including phenoxy) is 1. The molecule has 2 aliphatic rings. The Labute approximate surface area is 190 Å². The highest BCUT2D eigenvalue weighted by molar-refractivity contribution is 5.93. The van der Waals surface area contributed by atoms with Gasteiger partial charge in [-0.25, -0.2) is 14.8 Å². The Morgan fingerprint density at radius 2 is 2.12 bits per heavy atom. The number of hydrogen-bond donors (Lipinski definition) is 0. The van der Waals surface area contributed by atoms with Crippen molar-refractivity contribution in [3.63, 3.8) is 0 Å². The van der Waals surface area contributed by atoms with E-state index in [2.05, 4.69) is 28.0 Å². The Morgan fingerprint density at radius 1 is 1.21 bits per heavy atom. The van der Waals surface area contributed by atoms with E-state index in [1.54, 1.807) is 16.9 Å². The van der Waals surface area contributed by atoms with Crippen molar-refractivity contribution in [3.8, 4) is 12.0 Å². The molecule has 4 heterocycles. The second kappa shape index (κ2) is 7.50. The molecule has 0 N–H and O–H groups in total. The minimum absolute atomic E-state index is 0.227. The second-order valence-corrected chi connectivity index (χ2v) is 8.50. The molecule has 8 nitrogen and oxygen atoms in total. The highest BCUT2D eigenvalue weighted by atomic mass is 16.5. The van der Waals surface area contributed by atoms with Gasteiger partial charge in [0.2, 0.25) is 0 Å². The molecule has 8 heteroatoms. The highest BCUT2D eigenvalue weighted by Crippen LogP contribution is 2.28. The van der Waals surface area contributed by atoms with Gasteiger partial charge < -0.3 is 4.74 Å². The van der Waals surface area contributed by atoms with Crippen LogP contribution in [0.4, 0.5) is 0 Å². The van der Waals surface area contributed by atoms with Crippen LogP contribution in [0.1, 0.15) is 43.9 Å². The quantitative estimate of drug-likeness (QED) is 0.455. The molecular formula is C25H20N6O2. The molecule has 0 saturated heterocycles. The van der Waals surface area contributed by atoms with Crippen molar-refractivity contribution in [2.24, 2.45) is 0 Å². The molecule has 6 rings (SSSR count). The maximum Gasteiger partial charge on any atom is 0.338 e. The number of cyclic esters (lactones) is 1. The lowest BCUT2D eigenvalue weighted by Crippen LogP contribution is -2.31. The number of nitrogens with zero attached hydrogens (tertiary/aromatic N) is 6. The van der Waals surface area contributed by atoms with Crippen molar-refractivity contribution < 1.29 is 9.53 Å². The van der Waals surface area contributed by atoms with Crippen LogP contribution in [-0.2, 0) is 30.9 Å². The number of nitriles is 1. The third-order valence-electron chi connectivity index (χ3n) is 6.56. The first kappa shape index (κ1) is 19.6. The van der Waals surface area contributed by atoms with E-state index in [1.165, 1.54) is 5.56 Å². The molecule has 0 atom stereocenters. The smallest absolute Gasteiger partial charge is 0.338 e. The van der Waals surface area contributed by atoms with Crippen molar-refractivity contribution in [1.82, 2.24) is 24.6 Å². The summed E-state index contributed by atoms with van der Waals surface area (Å²) in [6, 6.07) is 11.5. The van der Waals surface area contributed by atoms with Gasteiger partial charge in [0, 0.05) is 48.8 Å². The van der Waals surface area contributed by atoms with E-state index in [-0.39, 0.29) is 5.97 Å².